The van der Waals surface area contributed by atoms with Gasteiger partial charge >= 0.3 is 6.18 Å². The average Bonchev–Trinajstić information content (AvgIpc) is 2.90. The standard InChI is InChI=1S/C15H14F3NO2S/c16-15(17,18)12-4-1-11(2-5-12)3-6-13(20)19-9-14(21)7-8-22-10-14/h1-2,4-5,21H,7-10H2,(H,19,20)/t14-/m1/s1. The van der Waals surface area contributed by atoms with Gasteiger partial charge in [-0.2, -0.15) is 24.9 Å². The SMILES string of the molecule is O=C(C#Cc1ccc(C(F)(F)F)cc1)NC[C@]1(O)CCSC1. The quantitative estimate of drug-likeness (QED) is 0.817. The second kappa shape index (κ2) is 6.63. The summed E-state index contributed by atoms with van der Waals surface area (Å²) < 4.78 is 37.2. The Bertz CT molecular complexity index is 596. The topological polar surface area (TPSA) is 49.3 Å². The van der Waals surface area contributed by atoms with Gasteiger partial charge in [-0.1, -0.05) is 5.92 Å². The maximum Gasteiger partial charge on any atom is 0.416 e. The van der Waals surface area contributed by atoms with Crippen molar-refractivity contribution < 1.29 is 23.1 Å². The number of nitrogens with one attached hydrogen (secondary N) is 1. The molecule has 1 aromatic carbocycles. The fourth-order valence-electron chi connectivity index (χ4n) is 1.90. The molecule has 1 amide bonds. The normalized spacial score (nSPS) is 21.1. The van der Waals surface area contributed by atoms with Gasteiger partial charge in [0.15, 0.2) is 0 Å². The number of amides is 1. The number of aliphatic hydroxyl groups is 1. The molecule has 7 heteroatoms. The Hall–Kier alpha value is -1.65. The molecule has 1 fully saturated rings. The minimum Gasteiger partial charge on any atom is -0.387 e. The van der Waals surface area contributed by atoms with E-state index < -0.39 is 23.2 Å². The molecule has 1 aromatic rings. The first kappa shape index (κ1) is 16.7. The van der Waals surface area contributed by atoms with Crippen LogP contribution in [0.15, 0.2) is 24.3 Å². The van der Waals surface area contributed by atoms with E-state index in [-0.39, 0.29) is 6.54 Å². The first-order valence-electron chi connectivity index (χ1n) is 6.56. The Morgan fingerprint density at radius 2 is 2.05 bits per heavy atom. The Morgan fingerprint density at radius 3 is 2.59 bits per heavy atom. The Kier molecular flexibility index (Phi) is 5.04. The number of carbonyl (C=O) groups excluding carboxylic acids is 1. The van der Waals surface area contributed by atoms with Gasteiger partial charge in [0.05, 0.1) is 11.2 Å². The van der Waals surface area contributed by atoms with Crippen LogP contribution in [0.25, 0.3) is 0 Å². The first-order chi connectivity index (χ1) is 10.3. The summed E-state index contributed by atoms with van der Waals surface area (Å²) in [5.74, 6) is 5.65. The van der Waals surface area contributed by atoms with Crippen molar-refractivity contribution in [1.29, 1.82) is 0 Å². The van der Waals surface area contributed by atoms with Crippen molar-refractivity contribution in [1.82, 2.24) is 5.32 Å². The van der Waals surface area contributed by atoms with Gasteiger partial charge in [-0.25, -0.2) is 0 Å². The highest BCUT2D eigenvalue weighted by Crippen LogP contribution is 2.29. The summed E-state index contributed by atoms with van der Waals surface area (Å²) >= 11 is 1.62. The minimum atomic E-state index is -4.39. The molecule has 0 spiro atoms. The average molecular weight is 329 g/mol. The molecular formula is C15H14F3NO2S. The van der Waals surface area contributed by atoms with Crippen LogP contribution in [-0.4, -0.2) is 34.7 Å². The Morgan fingerprint density at radius 1 is 1.36 bits per heavy atom. The smallest absolute Gasteiger partial charge is 0.387 e. The van der Waals surface area contributed by atoms with Crippen LogP contribution in [0.3, 0.4) is 0 Å². The van der Waals surface area contributed by atoms with Gasteiger partial charge in [-0.3, -0.25) is 4.79 Å². The van der Waals surface area contributed by atoms with Crippen molar-refractivity contribution >= 4 is 17.7 Å². The van der Waals surface area contributed by atoms with Crippen molar-refractivity contribution in [3.63, 3.8) is 0 Å². The summed E-state index contributed by atoms with van der Waals surface area (Å²) in [5.41, 5.74) is -1.34. The molecule has 1 aliphatic heterocycles. The van der Waals surface area contributed by atoms with Crippen molar-refractivity contribution in [2.75, 3.05) is 18.1 Å². The highest BCUT2D eigenvalue weighted by atomic mass is 32.2. The number of hydrogen-bond donors (Lipinski definition) is 2. The van der Waals surface area contributed by atoms with Crippen LogP contribution in [0.4, 0.5) is 13.2 Å². The molecule has 1 heterocycles. The third-order valence-corrected chi connectivity index (χ3v) is 4.43. The minimum absolute atomic E-state index is 0.126. The number of carbonyl (C=O) groups is 1. The molecule has 0 aliphatic carbocycles. The van der Waals surface area contributed by atoms with Crippen molar-refractivity contribution in [3.05, 3.63) is 35.4 Å². The highest BCUT2D eigenvalue weighted by Gasteiger charge is 2.32. The zero-order valence-corrected chi connectivity index (χ0v) is 12.4. The predicted octanol–water partition coefficient (Wildman–Crippen LogP) is 2.04. The summed E-state index contributed by atoms with van der Waals surface area (Å²) in [6, 6.07) is 4.26. The second-order valence-corrected chi connectivity index (χ2v) is 6.14. The summed E-state index contributed by atoms with van der Waals surface area (Å²) in [4.78, 5) is 11.6. The Balaban J connectivity index is 1.91. The van der Waals surface area contributed by atoms with Crippen molar-refractivity contribution in [3.8, 4) is 11.8 Å². The molecule has 22 heavy (non-hydrogen) atoms. The van der Waals surface area contributed by atoms with Crippen LogP contribution >= 0.6 is 11.8 Å². The maximum absolute atomic E-state index is 12.4. The van der Waals surface area contributed by atoms with E-state index >= 15 is 0 Å². The monoisotopic (exact) mass is 329 g/mol. The van der Waals surface area contributed by atoms with Crippen LogP contribution < -0.4 is 5.32 Å². The van der Waals surface area contributed by atoms with Gasteiger partial charge in [0.1, 0.15) is 0 Å². The van der Waals surface area contributed by atoms with Gasteiger partial charge in [0.25, 0.3) is 5.91 Å². The summed E-state index contributed by atoms with van der Waals surface area (Å²) in [5, 5.41) is 12.6. The van der Waals surface area contributed by atoms with Crippen LogP contribution in [0.5, 0.6) is 0 Å². The molecule has 0 aromatic heterocycles. The summed E-state index contributed by atoms with van der Waals surface area (Å²) in [6.07, 6.45) is -3.78. The second-order valence-electron chi connectivity index (χ2n) is 5.03. The predicted molar refractivity (Wildman–Crippen MR) is 78.2 cm³/mol. The number of halogens is 3. The fraction of sp³-hybridized carbons (Fsp3) is 0.400. The molecule has 1 atom stereocenters. The molecule has 0 saturated carbocycles. The number of thioether (sulfide) groups is 1. The number of hydrogen-bond acceptors (Lipinski definition) is 3. The molecule has 1 saturated heterocycles. The fourth-order valence-corrected chi connectivity index (χ4v) is 3.19. The van der Waals surface area contributed by atoms with Gasteiger partial charge < -0.3 is 10.4 Å². The molecule has 2 rings (SSSR count). The lowest BCUT2D eigenvalue weighted by Gasteiger charge is -2.20. The lowest BCUT2D eigenvalue weighted by atomic mass is 10.0. The first-order valence-corrected chi connectivity index (χ1v) is 7.71. The maximum atomic E-state index is 12.4. The number of benzene rings is 1. The van der Waals surface area contributed by atoms with Crippen LogP contribution in [0.1, 0.15) is 17.5 Å². The van der Waals surface area contributed by atoms with E-state index in [9.17, 15) is 23.1 Å². The van der Waals surface area contributed by atoms with Crippen LogP contribution in [0, 0.1) is 11.8 Å². The largest absolute Gasteiger partial charge is 0.416 e. The van der Waals surface area contributed by atoms with E-state index in [2.05, 4.69) is 17.2 Å². The summed E-state index contributed by atoms with van der Waals surface area (Å²) in [7, 11) is 0. The van der Waals surface area contributed by atoms with Gasteiger partial charge in [0.2, 0.25) is 0 Å². The third kappa shape index (κ3) is 4.68. The molecule has 0 unspecified atom stereocenters. The van der Waals surface area contributed by atoms with E-state index in [1.165, 1.54) is 12.1 Å². The van der Waals surface area contributed by atoms with E-state index in [1.54, 1.807) is 11.8 Å². The van der Waals surface area contributed by atoms with Gasteiger partial charge in [-0.15, -0.1) is 0 Å². The third-order valence-electron chi connectivity index (χ3n) is 3.19. The van der Waals surface area contributed by atoms with E-state index in [1.807, 2.05) is 0 Å². The number of alkyl halides is 3. The van der Waals surface area contributed by atoms with Gasteiger partial charge in [0, 0.05) is 23.8 Å². The molecule has 2 N–H and O–H groups in total. The molecule has 118 valence electrons. The molecule has 0 radical (unpaired) electrons. The number of rotatable bonds is 2. The highest BCUT2D eigenvalue weighted by molar-refractivity contribution is 7.99. The Labute approximate surface area is 130 Å². The molecule has 1 aliphatic rings. The van der Waals surface area contributed by atoms with Crippen LogP contribution in [0.2, 0.25) is 0 Å². The zero-order chi connectivity index (χ0) is 16.2. The van der Waals surface area contributed by atoms with Crippen molar-refractivity contribution in [2.24, 2.45) is 0 Å². The summed E-state index contributed by atoms with van der Waals surface area (Å²) in [6.45, 7) is 0.126. The zero-order valence-electron chi connectivity index (χ0n) is 11.5. The molecule has 0 bridgehead atoms. The van der Waals surface area contributed by atoms with Gasteiger partial charge in [-0.05, 0) is 36.4 Å². The molecule has 3 nitrogen and oxygen atoms in total. The van der Waals surface area contributed by atoms with E-state index in [4.69, 9.17) is 0 Å². The lowest BCUT2D eigenvalue weighted by molar-refractivity contribution is -0.137. The van der Waals surface area contributed by atoms with E-state index in [0.717, 1.165) is 17.9 Å². The lowest BCUT2D eigenvalue weighted by Crippen LogP contribution is -2.42. The van der Waals surface area contributed by atoms with Crippen LogP contribution in [-0.2, 0) is 11.0 Å². The van der Waals surface area contributed by atoms with E-state index in [0.29, 0.717) is 17.7 Å². The molecular weight excluding hydrogens is 315 g/mol. The van der Waals surface area contributed by atoms with Crippen molar-refractivity contribution in [2.45, 2.75) is 18.2 Å².